The number of hydrogen-bond acceptors (Lipinski definition) is 7. The fourth-order valence-electron chi connectivity index (χ4n) is 7.60. The van der Waals surface area contributed by atoms with E-state index in [2.05, 4.69) is 28.4 Å². The minimum atomic E-state index is -0.906. The van der Waals surface area contributed by atoms with Crippen LogP contribution >= 0.6 is 11.6 Å². The Morgan fingerprint density at radius 2 is 2.02 bits per heavy atom. The summed E-state index contributed by atoms with van der Waals surface area (Å²) in [6.45, 7) is 8.16. The van der Waals surface area contributed by atoms with Crippen molar-refractivity contribution in [2.75, 3.05) is 44.7 Å². The van der Waals surface area contributed by atoms with Gasteiger partial charge in [-0.2, -0.15) is 9.97 Å². The number of likely N-dealkylation sites (tertiary alicyclic amines) is 1. The average Bonchev–Trinajstić information content (AvgIpc) is 3.70. The molecule has 3 saturated heterocycles. The predicted octanol–water partition coefficient (Wildman–Crippen LogP) is 6.06. The Morgan fingerprint density at radius 1 is 1.22 bits per heavy atom. The van der Waals surface area contributed by atoms with Crippen molar-refractivity contribution in [3.05, 3.63) is 66.1 Å². The highest BCUT2D eigenvalue weighted by molar-refractivity contribution is 6.36. The van der Waals surface area contributed by atoms with Gasteiger partial charge in [-0.15, -0.1) is 0 Å². The van der Waals surface area contributed by atoms with Crippen LogP contribution in [0, 0.1) is 11.7 Å². The molecule has 0 radical (unpaired) electrons. The SMILES string of the molecule is C=CC(=O)N1C[C@@H](C)[C@@H](N(C)c2nc(OC[C@@]34CCCN3C[C@H](F)C4)nc3c(F)c(-c4cccc5cccc(Cl)c45)ncc23)C1. The molecule has 7 rings (SSSR count). The van der Waals surface area contributed by atoms with Gasteiger partial charge in [-0.25, -0.2) is 8.78 Å². The first-order valence-electron chi connectivity index (χ1n) is 15.4. The lowest BCUT2D eigenvalue weighted by Crippen LogP contribution is -2.43. The van der Waals surface area contributed by atoms with Crippen LogP contribution in [0.5, 0.6) is 6.01 Å². The Hall–Kier alpha value is -3.89. The first kappa shape index (κ1) is 29.8. The van der Waals surface area contributed by atoms with E-state index in [0.29, 0.717) is 53.2 Å². The summed E-state index contributed by atoms with van der Waals surface area (Å²) in [6.07, 6.45) is 4.19. The van der Waals surface area contributed by atoms with Crippen molar-refractivity contribution in [1.29, 1.82) is 0 Å². The smallest absolute Gasteiger partial charge is 0.319 e. The third kappa shape index (κ3) is 5.08. The number of likely N-dealkylation sites (N-methyl/N-ethyl adjacent to an activating group) is 1. The molecule has 2 aromatic heterocycles. The zero-order chi connectivity index (χ0) is 31.5. The number of anilines is 1. The topological polar surface area (TPSA) is 74.7 Å². The summed E-state index contributed by atoms with van der Waals surface area (Å²) in [6, 6.07) is 11.0. The Bertz CT molecular complexity index is 1820. The molecule has 3 aliphatic rings. The molecule has 45 heavy (non-hydrogen) atoms. The molecule has 4 aromatic rings. The largest absolute Gasteiger partial charge is 0.461 e. The molecule has 11 heteroatoms. The molecule has 1 amide bonds. The lowest BCUT2D eigenvalue weighted by atomic mass is 9.95. The van der Waals surface area contributed by atoms with Crippen LogP contribution < -0.4 is 9.64 Å². The minimum absolute atomic E-state index is 0.0181. The molecule has 0 spiro atoms. The van der Waals surface area contributed by atoms with Gasteiger partial charge in [0.15, 0.2) is 5.82 Å². The van der Waals surface area contributed by atoms with Gasteiger partial charge in [0, 0.05) is 55.3 Å². The van der Waals surface area contributed by atoms with E-state index in [-0.39, 0.29) is 41.7 Å². The lowest BCUT2D eigenvalue weighted by molar-refractivity contribution is -0.125. The van der Waals surface area contributed by atoms with Crippen LogP contribution in [0.4, 0.5) is 14.6 Å². The number of aromatic nitrogens is 3. The van der Waals surface area contributed by atoms with Crippen LogP contribution in [0.2, 0.25) is 5.02 Å². The molecule has 3 fully saturated rings. The number of carbonyl (C=O) groups excluding carboxylic acids is 1. The quantitative estimate of drug-likeness (QED) is 0.229. The number of benzene rings is 2. The summed E-state index contributed by atoms with van der Waals surface area (Å²) < 4.78 is 37.5. The van der Waals surface area contributed by atoms with Gasteiger partial charge in [0.05, 0.1) is 17.0 Å². The molecule has 8 nitrogen and oxygen atoms in total. The highest BCUT2D eigenvalue weighted by atomic mass is 35.5. The summed E-state index contributed by atoms with van der Waals surface area (Å²) in [4.78, 5) is 32.3. The highest BCUT2D eigenvalue weighted by Gasteiger charge is 2.49. The van der Waals surface area contributed by atoms with E-state index >= 15 is 4.39 Å². The molecule has 0 unspecified atom stereocenters. The van der Waals surface area contributed by atoms with Crippen molar-refractivity contribution in [1.82, 2.24) is 24.8 Å². The molecular weight excluding hydrogens is 598 g/mol. The molecule has 3 aliphatic heterocycles. The Morgan fingerprint density at radius 3 is 2.82 bits per heavy atom. The van der Waals surface area contributed by atoms with Crippen LogP contribution in [-0.2, 0) is 4.79 Å². The first-order chi connectivity index (χ1) is 21.7. The maximum atomic E-state index is 16.7. The van der Waals surface area contributed by atoms with E-state index in [1.165, 1.54) is 6.08 Å². The summed E-state index contributed by atoms with van der Waals surface area (Å²) >= 11 is 6.60. The Kier molecular flexibility index (Phi) is 7.60. The van der Waals surface area contributed by atoms with Crippen molar-refractivity contribution in [3.63, 3.8) is 0 Å². The third-order valence-corrected chi connectivity index (χ3v) is 10.2. The van der Waals surface area contributed by atoms with Crippen LogP contribution in [-0.4, -0.2) is 88.2 Å². The van der Waals surface area contributed by atoms with Gasteiger partial charge in [-0.05, 0) is 42.8 Å². The van der Waals surface area contributed by atoms with Crippen LogP contribution in [0.1, 0.15) is 26.2 Å². The van der Waals surface area contributed by atoms with E-state index in [1.807, 2.05) is 36.2 Å². The van der Waals surface area contributed by atoms with E-state index in [1.54, 1.807) is 23.2 Å². The summed E-state index contributed by atoms with van der Waals surface area (Å²) in [5, 5.41) is 2.48. The monoisotopic (exact) mass is 632 g/mol. The van der Waals surface area contributed by atoms with Crippen LogP contribution in [0.15, 0.2) is 55.3 Å². The normalized spacial score (nSPS) is 24.8. The number of fused-ring (bicyclic) bond motifs is 3. The predicted molar refractivity (Wildman–Crippen MR) is 172 cm³/mol. The van der Waals surface area contributed by atoms with Gasteiger partial charge < -0.3 is 14.5 Å². The zero-order valence-corrected chi connectivity index (χ0v) is 26.1. The van der Waals surface area contributed by atoms with Crippen molar-refractivity contribution < 1.29 is 18.3 Å². The molecule has 0 aliphatic carbocycles. The number of halogens is 3. The molecule has 4 atom stereocenters. The maximum Gasteiger partial charge on any atom is 0.319 e. The second kappa shape index (κ2) is 11.5. The van der Waals surface area contributed by atoms with Crippen molar-refractivity contribution in [2.45, 2.75) is 43.9 Å². The van der Waals surface area contributed by atoms with Gasteiger partial charge in [0.1, 0.15) is 29.8 Å². The standard InChI is InChI=1S/C34H35ClF2N6O2/c1-4-27(44)42-16-20(2)26(18-42)41(3)32-24-15-38-30(23-10-5-8-21-9-6-11-25(35)28(21)23)29(37)31(24)39-33(40-32)45-19-34-12-7-13-43(34)17-22(36)14-34/h4-6,8-11,15,20,22,26H,1,7,12-14,16-19H2,2-3H3/t20-,22-,26+,34+/m1/s1. The van der Waals surface area contributed by atoms with Gasteiger partial charge in [-0.1, -0.05) is 55.4 Å². The summed E-state index contributed by atoms with van der Waals surface area (Å²) in [5.74, 6) is -0.197. The number of amides is 1. The van der Waals surface area contributed by atoms with Gasteiger partial charge in [0.25, 0.3) is 0 Å². The summed E-state index contributed by atoms with van der Waals surface area (Å²) in [7, 11) is 1.88. The highest BCUT2D eigenvalue weighted by Crippen LogP contribution is 2.41. The summed E-state index contributed by atoms with van der Waals surface area (Å²) in [5.41, 5.74) is 0.317. The number of ether oxygens (including phenoxy) is 1. The number of hydrogen-bond donors (Lipinski definition) is 0. The molecule has 234 valence electrons. The van der Waals surface area contributed by atoms with Crippen LogP contribution in [0.3, 0.4) is 0 Å². The van der Waals surface area contributed by atoms with Gasteiger partial charge >= 0.3 is 6.01 Å². The zero-order valence-electron chi connectivity index (χ0n) is 25.3. The average molecular weight is 633 g/mol. The van der Waals surface area contributed by atoms with E-state index in [0.717, 1.165) is 24.8 Å². The van der Waals surface area contributed by atoms with E-state index in [9.17, 15) is 9.18 Å². The minimum Gasteiger partial charge on any atom is -0.461 e. The van der Waals surface area contributed by atoms with E-state index < -0.39 is 17.5 Å². The maximum absolute atomic E-state index is 16.7. The second-order valence-electron chi connectivity index (χ2n) is 12.6. The lowest BCUT2D eigenvalue weighted by Gasteiger charge is -2.31. The number of pyridine rings is 1. The van der Waals surface area contributed by atoms with Gasteiger partial charge in [-0.3, -0.25) is 14.7 Å². The molecule has 5 heterocycles. The Balaban J connectivity index is 1.33. The molecule has 2 aromatic carbocycles. The fourth-order valence-corrected chi connectivity index (χ4v) is 7.89. The number of carbonyl (C=O) groups is 1. The molecule has 0 N–H and O–H groups in total. The van der Waals surface area contributed by atoms with E-state index in [4.69, 9.17) is 21.3 Å². The Labute approximate surface area is 265 Å². The van der Waals surface area contributed by atoms with Crippen molar-refractivity contribution >= 4 is 45.0 Å². The fraction of sp³-hybridized carbons (Fsp3) is 0.412. The molecule has 0 bridgehead atoms. The first-order valence-corrected chi connectivity index (χ1v) is 15.8. The number of nitrogens with zero attached hydrogens (tertiary/aromatic N) is 6. The number of alkyl halides is 1. The molecule has 0 saturated carbocycles. The van der Waals surface area contributed by atoms with Crippen molar-refractivity contribution in [2.24, 2.45) is 5.92 Å². The second-order valence-corrected chi connectivity index (χ2v) is 13.0. The van der Waals surface area contributed by atoms with Crippen molar-refractivity contribution in [3.8, 4) is 17.3 Å². The molecular formula is C34H35ClF2N6O2. The third-order valence-electron chi connectivity index (χ3n) is 9.87. The number of rotatable bonds is 7. The van der Waals surface area contributed by atoms with Gasteiger partial charge in [0.2, 0.25) is 5.91 Å². The van der Waals surface area contributed by atoms with Crippen LogP contribution in [0.25, 0.3) is 32.9 Å².